The van der Waals surface area contributed by atoms with Gasteiger partial charge in [0.15, 0.2) is 0 Å². The average molecular weight is 249 g/mol. The summed E-state index contributed by atoms with van der Waals surface area (Å²) in [7, 11) is 0. The third kappa shape index (κ3) is 2.85. The second-order valence-electron chi connectivity index (χ2n) is 4.78. The van der Waals surface area contributed by atoms with Crippen LogP contribution in [0, 0.1) is 6.92 Å². The van der Waals surface area contributed by atoms with Crippen molar-refractivity contribution in [2.45, 2.75) is 25.8 Å². The highest BCUT2D eigenvalue weighted by Gasteiger charge is 2.22. The van der Waals surface area contributed by atoms with Crippen LogP contribution in [0.1, 0.15) is 18.4 Å². The van der Waals surface area contributed by atoms with Crippen LogP contribution in [-0.2, 0) is 0 Å². The van der Waals surface area contributed by atoms with Crippen molar-refractivity contribution >= 4 is 17.5 Å². The zero-order valence-electron chi connectivity index (χ0n) is 10.5. The van der Waals surface area contributed by atoms with Crippen LogP contribution in [0.15, 0.2) is 18.2 Å². The topological polar surface area (TPSA) is 78.6 Å². The van der Waals surface area contributed by atoms with E-state index in [4.69, 9.17) is 10.8 Å². The van der Waals surface area contributed by atoms with E-state index >= 15 is 0 Å². The Morgan fingerprint density at radius 2 is 2.11 bits per heavy atom. The van der Waals surface area contributed by atoms with Gasteiger partial charge < -0.3 is 21.1 Å². The van der Waals surface area contributed by atoms with Gasteiger partial charge in [0, 0.05) is 19.1 Å². The molecule has 1 aromatic carbocycles. The van der Waals surface area contributed by atoms with E-state index in [1.54, 1.807) is 0 Å². The maximum absolute atomic E-state index is 10.8. The predicted molar refractivity (Wildman–Crippen MR) is 71.8 cm³/mol. The van der Waals surface area contributed by atoms with Gasteiger partial charge in [-0.2, -0.15) is 0 Å². The molecule has 1 aliphatic heterocycles. The molecule has 0 unspecified atom stereocenters. The number of piperidine rings is 1. The number of benzene rings is 1. The molecule has 2 rings (SSSR count). The fourth-order valence-corrected chi connectivity index (χ4v) is 2.25. The lowest BCUT2D eigenvalue weighted by Gasteiger charge is -2.31. The van der Waals surface area contributed by atoms with E-state index < -0.39 is 6.09 Å². The highest BCUT2D eigenvalue weighted by atomic mass is 16.4. The molecule has 5 heteroatoms. The minimum atomic E-state index is -0.830. The molecule has 4 N–H and O–H groups in total. The summed E-state index contributed by atoms with van der Waals surface area (Å²) in [6.45, 7) is 3.17. The first-order valence-electron chi connectivity index (χ1n) is 6.17. The zero-order chi connectivity index (χ0) is 13.1. The lowest BCUT2D eigenvalue weighted by molar-refractivity contribution is 0.134. The number of aryl methyl sites for hydroxylation is 1. The van der Waals surface area contributed by atoms with E-state index in [-0.39, 0.29) is 0 Å². The van der Waals surface area contributed by atoms with Crippen molar-refractivity contribution in [1.82, 2.24) is 4.90 Å². The minimum absolute atomic E-state index is 0.297. The SMILES string of the molecule is Cc1ccc(NC2CCN(C(=O)O)CC2)c(N)c1. The third-order valence-corrected chi connectivity index (χ3v) is 3.33. The largest absolute Gasteiger partial charge is 0.465 e. The summed E-state index contributed by atoms with van der Waals surface area (Å²) in [5.74, 6) is 0. The summed E-state index contributed by atoms with van der Waals surface area (Å²) in [4.78, 5) is 12.3. The Bertz CT molecular complexity index is 440. The number of nitrogens with two attached hydrogens (primary N) is 1. The van der Waals surface area contributed by atoms with E-state index in [0.717, 1.165) is 29.8 Å². The second-order valence-corrected chi connectivity index (χ2v) is 4.78. The molecule has 1 aliphatic rings. The summed E-state index contributed by atoms with van der Waals surface area (Å²) >= 11 is 0. The smallest absolute Gasteiger partial charge is 0.407 e. The van der Waals surface area contributed by atoms with Gasteiger partial charge in [-0.25, -0.2) is 4.79 Å². The number of carboxylic acid groups (broad SMARTS) is 1. The van der Waals surface area contributed by atoms with Crippen molar-refractivity contribution in [3.63, 3.8) is 0 Å². The van der Waals surface area contributed by atoms with E-state index in [1.165, 1.54) is 4.90 Å². The fraction of sp³-hybridized carbons (Fsp3) is 0.462. The summed E-state index contributed by atoms with van der Waals surface area (Å²) in [5.41, 5.74) is 8.77. The number of anilines is 2. The number of nitrogen functional groups attached to an aromatic ring is 1. The molecular weight excluding hydrogens is 230 g/mol. The number of hydrogen-bond donors (Lipinski definition) is 3. The molecule has 0 aromatic heterocycles. The summed E-state index contributed by atoms with van der Waals surface area (Å²) in [6, 6.07) is 6.24. The van der Waals surface area contributed by atoms with E-state index in [9.17, 15) is 4.79 Å². The Morgan fingerprint density at radius 3 is 2.67 bits per heavy atom. The van der Waals surface area contributed by atoms with Gasteiger partial charge in [0.1, 0.15) is 0 Å². The zero-order valence-corrected chi connectivity index (χ0v) is 10.5. The van der Waals surface area contributed by atoms with Crippen LogP contribution in [0.3, 0.4) is 0 Å². The molecule has 5 nitrogen and oxygen atoms in total. The number of rotatable bonds is 2. The van der Waals surface area contributed by atoms with Gasteiger partial charge in [-0.15, -0.1) is 0 Å². The lowest BCUT2D eigenvalue weighted by atomic mass is 10.0. The summed E-state index contributed by atoms with van der Waals surface area (Å²) < 4.78 is 0. The Morgan fingerprint density at radius 1 is 1.44 bits per heavy atom. The van der Waals surface area contributed by atoms with E-state index in [0.29, 0.717) is 19.1 Å². The Kier molecular flexibility index (Phi) is 3.60. The van der Waals surface area contributed by atoms with E-state index in [1.807, 2.05) is 25.1 Å². The first kappa shape index (κ1) is 12.5. The third-order valence-electron chi connectivity index (χ3n) is 3.33. The first-order valence-corrected chi connectivity index (χ1v) is 6.17. The van der Waals surface area contributed by atoms with Crippen molar-refractivity contribution < 1.29 is 9.90 Å². The maximum Gasteiger partial charge on any atom is 0.407 e. The van der Waals surface area contributed by atoms with Crippen molar-refractivity contribution in [2.24, 2.45) is 0 Å². The standard InChI is InChI=1S/C13H19N3O2/c1-9-2-3-12(11(14)8-9)15-10-4-6-16(7-5-10)13(17)18/h2-3,8,10,15H,4-7,14H2,1H3,(H,17,18). The van der Waals surface area contributed by atoms with Gasteiger partial charge in [-0.3, -0.25) is 0 Å². The van der Waals surface area contributed by atoms with Gasteiger partial charge in [-0.1, -0.05) is 6.07 Å². The van der Waals surface area contributed by atoms with Crippen LogP contribution in [0.5, 0.6) is 0 Å². The monoisotopic (exact) mass is 249 g/mol. The van der Waals surface area contributed by atoms with Gasteiger partial charge in [0.25, 0.3) is 0 Å². The maximum atomic E-state index is 10.8. The number of hydrogen-bond acceptors (Lipinski definition) is 3. The van der Waals surface area contributed by atoms with Crippen LogP contribution >= 0.6 is 0 Å². The quantitative estimate of drug-likeness (QED) is 0.702. The highest BCUT2D eigenvalue weighted by molar-refractivity contribution is 5.67. The van der Waals surface area contributed by atoms with Crippen LogP contribution in [0.25, 0.3) is 0 Å². The molecule has 98 valence electrons. The molecule has 1 fully saturated rings. The molecule has 1 aromatic rings. The first-order chi connectivity index (χ1) is 8.56. The average Bonchev–Trinajstić information content (AvgIpc) is 2.33. The molecule has 0 aliphatic carbocycles. The van der Waals surface area contributed by atoms with Crippen LogP contribution in [0.4, 0.5) is 16.2 Å². The van der Waals surface area contributed by atoms with Gasteiger partial charge in [-0.05, 0) is 37.5 Å². The lowest BCUT2D eigenvalue weighted by Crippen LogP contribution is -2.41. The van der Waals surface area contributed by atoms with Gasteiger partial charge in [0.05, 0.1) is 11.4 Å². The summed E-state index contributed by atoms with van der Waals surface area (Å²) in [5, 5.41) is 12.3. The second kappa shape index (κ2) is 5.16. The summed E-state index contributed by atoms with van der Waals surface area (Å²) in [6.07, 6.45) is 0.808. The molecule has 0 atom stereocenters. The molecule has 0 saturated carbocycles. The van der Waals surface area contributed by atoms with Gasteiger partial charge >= 0.3 is 6.09 Å². The molecular formula is C13H19N3O2. The highest BCUT2D eigenvalue weighted by Crippen LogP contribution is 2.23. The Labute approximate surface area is 107 Å². The Balaban J connectivity index is 1.93. The molecule has 0 spiro atoms. The molecule has 0 radical (unpaired) electrons. The normalized spacial score (nSPS) is 16.6. The number of amides is 1. The van der Waals surface area contributed by atoms with Crippen LogP contribution in [-0.4, -0.2) is 35.2 Å². The van der Waals surface area contributed by atoms with Crippen molar-refractivity contribution in [3.05, 3.63) is 23.8 Å². The number of carbonyl (C=O) groups is 1. The van der Waals surface area contributed by atoms with Crippen molar-refractivity contribution in [2.75, 3.05) is 24.1 Å². The van der Waals surface area contributed by atoms with Crippen molar-refractivity contribution in [1.29, 1.82) is 0 Å². The molecule has 1 amide bonds. The molecule has 1 heterocycles. The molecule has 1 saturated heterocycles. The van der Waals surface area contributed by atoms with Crippen LogP contribution < -0.4 is 11.1 Å². The van der Waals surface area contributed by atoms with Crippen LogP contribution in [0.2, 0.25) is 0 Å². The number of nitrogens with zero attached hydrogens (tertiary/aromatic N) is 1. The Hall–Kier alpha value is -1.91. The van der Waals surface area contributed by atoms with E-state index in [2.05, 4.69) is 5.32 Å². The fourth-order valence-electron chi connectivity index (χ4n) is 2.25. The predicted octanol–water partition coefficient (Wildman–Crippen LogP) is 2.13. The van der Waals surface area contributed by atoms with Gasteiger partial charge in [0.2, 0.25) is 0 Å². The molecule has 18 heavy (non-hydrogen) atoms. The number of likely N-dealkylation sites (tertiary alicyclic amines) is 1. The molecule has 0 bridgehead atoms. The van der Waals surface area contributed by atoms with Crippen molar-refractivity contribution in [3.8, 4) is 0 Å². The number of nitrogens with one attached hydrogen (secondary N) is 1. The minimum Gasteiger partial charge on any atom is -0.465 e.